The molecule has 1 aromatic rings. The molecule has 0 bridgehead atoms. The van der Waals surface area contributed by atoms with Gasteiger partial charge in [0.05, 0.1) is 0 Å². The van der Waals surface area contributed by atoms with Crippen molar-refractivity contribution in [1.82, 2.24) is 0 Å². The van der Waals surface area contributed by atoms with Gasteiger partial charge in [0.25, 0.3) is 0 Å². The summed E-state index contributed by atoms with van der Waals surface area (Å²) in [6.45, 7) is 4.42. The molecular formula is C28H43F. The first-order chi connectivity index (χ1) is 14.2. The van der Waals surface area contributed by atoms with Crippen LogP contribution in [0.2, 0.25) is 0 Å². The Morgan fingerprint density at radius 3 is 2.34 bits per heavy atom. The number of unbranched alkanes of at least 4 members (excludes halogenated alkanes) is 2. The fourth-order valence-electron chi connectivity index (χ4n) is 5.72. The van der Waals surface area contributed by atoms with Crippen molar-refractivity contribution < 1.29 is 4.39 Å². The van der Waals surface area contributed by atoms with Gasteiger partial charge in [-0.2, -0.15) is 0 Å². The zero-order valence-electron chi connectivity index (χ0n) is 19.0. The Hall–Kier alpha value is -1.11. The number of allylic oxidation sites excluding steroid dienone is 2. The molecule has 0 saturated heterocycles. The zero-order valence-corrected chi connectivity index (χ0v) is 19.0. The minimum absolute atomic E-state index is 0.00710. The van der Waals surface area contributed by atoms with Crippen molar-refractivity contribution in [1.29, 1.82) is 0 Å². The van der Waals surface area contributed by atoms with Crippen LogP contribution in [0.5, 0.6) is 0 Å². The van der Waals surface area contributed by atoms with Crippen molar-refractivity contribution >= 4 is 0 Å². The fraction of sp³-hybridized carbons (Fsp3) is 0.714. The third-order valence-electron chi connectivity index (χ3n) is 7.69. The molecule has 0 radical (unpaired) electrons. The third-order valence-corrected chi connectivity index (χ3v) is 7.69. The van der Waals surface area contributed by atoms with Gasteiger partial charge in [-0.25, -0.2) is 4.39 Å². The highest BCUT2D eigenvalue weighted by Gasteiger charge is 2.28. The van der Waals surface area contributed by atoms with E-state index in [0.29, 0.717) is 0 Å². The SMILES string of the molecule is CCCCC[C@H]1CC[C@H](C2CC=C(CCc3ccc(CCC)c(F)c3)CC2)CC1. The molecule has 0 spiro atoms. The molecule has 1 heteroatoms. The van der Waals surface area contributed by atoms with Gasteiger partial charge in [-0.05, 0) is 86.3 Å². The van der Waals surface area contributed by atoms with Crippen molar-refractivity contribution in [3.8, 4) is 0 Å². The largest absolute Gasteiger partial charge is 0.207 e. The van der Waals surface area contributed by atoms with Crippen LogP contribution in [0.15, 0.2) is 29.8 Å². The van der Waals surface area contributed by atoms with E-state index in [-0.39, 0.29) is 5.82 Å². The number of aryl methyl sites for hydroxylation is 2. The Kier molecular flexibility index (Phi) is 9.28. The van der Waals surface area contributed by atoms with Crippen LogP contribution in [0.4, 0.5) is 4.39 Å². The van der Waals surface area contributed by atoms with Crippen LogP contribution in [0.3, 0.4) is 0 Å². The van der Waals surface area contributed by atoms with Crippen LogP contribution in [0, 0.1) is 23.6 Å². The molecule has 1 unspecified atom stereocenters. The van der Waals surface area contributed by atoms with E-state index in [1.54, 1.807) is 11.6 Å². The first-order valence-corrected chi connectivity index (χ1v) is 12.6. The smallest absolute Gasteiger partial charge is 0.126 e. The molecule has 29 heavy (non-hydrogen) atoms. The summed E-state index contributed by atoms with van der Waals surface area (Å²) in [6.07, 6.45) is 22.1. The van der Waals surface area contributed by atoms with Gasteiger partial charge in [-0.1, -0.05) is 82.6 Å². The van der Waals surface area contributed by atoms with E-state index in [1.165, 1.54) is 70.6 Å². The van der Waals surface area contributed by atoms with Crippen molar-refractivity contribution in [2.24, 2.45) is 17.8 Å². The lowest BCUT2D eigenvalue weighted by Gasteiger charge is -2.35. The molecule has 0 N–H and O–H groups in total. The molecule has 1 atom stereocenters. The third kappa shape index (κ3) is 6.97. The van der Waals surface area contributed by atoms with E-state index in [1.807, 2.05) is 6.07 Å². The summed E-state index contributed by atoms with van der Waals surface area (Å²) in [7, 11) is 0. The highest BCUT2D eigenvalue weighted by Crippen LogP contribution is 2.41. The Morgan fingerprint density at radius 2 is 1.69 bits per heavy atom. The summed E-state index contributed by atoms with van der Waals surface area (Å²) < 4.78 is 14.2. The quantitative estimate of drug-likeness (QED) is 0.273. The van der Waals surface area contributed by atoms with Gasteiger partial charge < -0.3 is 0 Å². The van der Waals surface area contributed by atoms with Gasteiger partial charge in [0.15, 0.2) is 0 Å². The van der Waals surface area contributed by atoms with Gasteiger partial charge in [0.2, 0.25) is 0 Å². The topological polar surface area (TPSA) is 0 Å². The highest BCUT2D eigenvalue weighted by molar-refractivity contribution is 5.25. The standard InChI is InChI=1S/C28H43F/c1-3-5-6-8-22-11-16-25(17-12-22)26-18-13-23(14-19-26)9-10-24-15-20-27(7-4-2)28(29)21-24/h13,15,20-22,25-26H,3-12,14,16-19H2,1-2H3/t22-,25-,26?. The normalized spacial score (nSPS) is 25.1. The lowest BCUT2D eigenvalue weighted by molar-refractivity contribution is 0.185. The van der Waals surface area contributed by atoms with E-state index in [4.69, 9.17) is 0 Å². The number of hydrogen-bond acceptors (Lipinski definition) is 0. The molecule has 1 saturated carbocycles. The van der Waals surface area contributed by atoms with Crippen molar-refractivity contribution in [3.05, 3.63) is 46.8 Å². The molecule has 0 aliphatic heterocycles. The molecule has 0 amide bonds. The summed E-state index contributed by atoms with van der Waals surface area (Å²) in [4.78, 5) is 0. The average Bonchev–Trinajstić information content (AvgIpc) is 2.75. The summed E-state index contributed by atoms with van der Waals surface area (Å²) in [5, 5.41) is 0. The minimum Gasteiger partial charge on any atom is -0.207 e. The molecular weight excluding hydrogens is 355 g/mol. The molecule has 2 aliphatic carbocycles. The molecule has 2 aliphatic rings. The summed E-state index contributed by atoms with van der Waals surface area (Å²) >= 11 is 0. The summed E-state index contributed by atoms with van der Waals surface area (Å²) in [5.41, 5.74) is 3.65. The monoisotopic (exact) mass is 398 g/mol. The molecule has 0 aromatic heterocycles. The maximum absolute atomic E-state index is 14.2. The maximum atomic E-state index is 14.2. The Labute approximate surface area is 179 Å². The second-order valence-electron chi connectivity index (χ2n) is 9.85. The van der Waals surface area contributed by atoms with Crippen LogP contribution in [-0.4, -0.2) is 0 Å². The number of hydrogen-bond donors (Lipinski definition) is 0. The van der Waals surface area contributed by atoms with Crippen LogP contribution in [0.1, 0.15) is 108 Å². The van der Waals surface area contributed by atoms with Gasteiger partial charge in [-0.15, -0.1) is 0 Å². The highest BCUT2D eigenvalue weighted by atomic mass is 19.1. The molecule has 1 fully saturated rings. The molecule has 162 valence electrons. The lowest BCUT2D eigenvalue weighted by atomic mass is 9.70. The van der Waals surface area contributed by atoms with E-state index in [9.17, 15) is 4.39 Å². The van der Waals surface area contributed by atoms with E-state index in [0.717, 1.165) is 54.6 Å². The fourth-order valence-corrected chi connectivity index (χ4v) is 5.72. The molecule has 3 rings (SSSR count). The van der Waals surface area contributed by atoms with Gasteiger partial charge in [0.1, 0.15) is 5.82 Å². The zero-order chi connectivity index (χ0) is 20.5. The molecule has 0 nitrogen and oxygen atoms in total. The Bertz CT molecular complexity index is 636. The number of benzene rings is 1. The van der Waals surface area contributed by atoms with E-state index in [2.05, 4.69) is 26.0 Å². The molecule has 0 heterocycles. The van der Waals surface area contributed by atoms with Gasteiger partial charge in [-0.3, -0.25) is 0 Å². The first kappa shape index (κ1) is 22.6. The van der Waals surface area contributed by atoms with Crippen LogP contribution < -0.4 is 0 Å². The number of rotatable bonds is 10. The Balaban J connectivity index is 1.39. The van der Waals surface area contributed by atoms with Gasteiger partial charge >= 0.3 is 0 Å². The predicted molar refractivity (Wildman–Crippen MR) is 124 cm³/mol. The van der Waals surface area contributed by atoms with Crippen LogP contribution in [-0.2, 0) is 12.8 Å². The van der Waals surface area contributed by atoms with E-state index < -0.39 is 0 Å². The van der Waals surface area contributed by atoms with Crippen molar-refractivity contribution in [3.63, 3.8) is 0 Å². The Morgan fingerprint density at radius 1 is 0.862 bits per heavy atom. The number of halogens is 1. The predicted octanol–water partition coefficient (Wildman–Crippen LogP) is 8.82. The van der Waals surface area contributed by atoms with Crippen LogP contribution in [0.25, 0.3) is 0 Å². The van der Waals surface area contributed by atoms with Crippen molar-refractivity contribution in [2.45, 2.75) is 110 Å². The maximum Gasteiger partial charge on any atom is 0.126 e. The summed E-state index contributed by atoms with van der Waals surface area (Å²) in [6, 6.07) is 5.91. The van der Waals surface area contributed by atoms with Crippen LogP contribution >= 0.6 is 0 Å². The molecule has 1 aromatic carbocycles. The minimum atomic E-state index is -0.00710. The van der Waals surface area contributed by atoms with Gasteiger partial charge in [0, 0.05) is 0 Å². The van der Waals surface area contributed by atoms with Crippen molar-refractivity contribution in [2.75, 3.05) is 0 Å². The lowest BCUT2D eigenvalue weighted by Crippen LogP contribution is -2.23. The van der Waals surface area contributed by atoms with E-state index >= 15 is 0 Å². The second kappa shape index (κ2) is 11.9. The first-order valence-electron chi connectivity index (χ1n) is 12.6. The second-order valence-corrected chi connectivity index (χ2v) is 9.85. The average molecular weight is 399 g/mol. The summed E-state index contributed by atoms with van der Waals surface area (Å²) in [5.74, 6) is 2.93.